The lowest BCUT2D eigenvalue weighted by molar-refractivity contribution is -0.193. The van der Waals surface area contributed by atoms with Gasteiger partial charge in [0.05, 0.1) is 12.2 Å². The topological polar surface area (TPSA) is 93.1 Å². The zero-order valence-corrected chi connectivity index (χ0v) is 19.1. The number of aliphatic hydroxyl groups is 2. The molecule has 1 heterocycles. The van der Waals surface area contributed by atoms with Crippen LogP contribution in [0, 0.1) is 22.7 Å². The molecule has 6 nitrogen and oxygen atoms in total. The van der Waals surface area contributed by atoms with E-state index < -0.39 is 36.1 Å². The number of ether oxygens (including phenoxy) is 2. The second-order valence-corrected chi connectivity index (χ2v) is 10.5. The second kappa shape index (κ2) is 7.91. The van der Waals surface area contributed by atoms with Crippen LogP contribution in [-0.2, 0) is 19.1 Å². The number of fused-ring (bicyclic) bond motifs is 3. The fourth-order valence-electron chi connectivity index (χ4n) is 7.31. The lowest BCUT2D eigenvalue weighted by Crippen LogP contribution is -2.64. The van der Waals surface area contributed by atoms with Gasteiger partial charge in [-0.05, 0) is 57.1 Å². The van der Waals surface area contributed by atoms with Crippen molar-refractivity contribution in [3.05, 3.63) is 23.8 Å². The fraction of sp³-hybridized carbons (Fsp3) is 0.760. The van der Waals surface area contributed by atoms with E-state index in [0.717, 1.165) is 24.8 Å². The summed E-state index contributed by atoms with van der Waals surface area (Å²) < 4.78 is 12.4. The highest BCUT2D eigenvalue weighted by atomic mass is 16.7. The predicted octanol–water partition coefficient (Wildman–Crippen LogP) is 3.11. The molecule has 0 aromatic rings. The SMILES string of the molecule is CCCC1O[C@H](C)[C@](C(=O)CO)([C@@]2(C)CC(O)C3C(CCC4=CC(=O)C=C[C@@]43C)C2)O1. The highest BCUT2D eigenvalue weighted by molar-refractivity contribution is 6.01. The third kappa shape index (κ3) is 3.29. The van der Waals surface area contributed by atoms with Crippen molar-refractivity contribution in [2.75, 3.05) is 6.61 Å². The molecule has 0 aromatic heterocycles. The predicted molar refractivity (Wildman–Crippen MR) is 115 cm³/mol. The maximum Gasteiger partial charge on any atom is 0.193 e. The molecule has 0 bridgehead atoms. The molecular formula is C25H36O6. The van der Waals surface area contributed by atoms with E-state index in [2.05, 4.69) is 6.92 Å². The van der Waals surface area contributed by atoms with Crippen LogP contribution in [0.4, 0.5) is 0 Å². The summed E-state index contributed by atoms with van der Waals surface area (Å²) in [6.07, 6.45) is 8.00. The van der Waals surface area contributed by atoms with E-state index in [4.69, 9.17) is 9.47 Å². The van der Waals surface area contributed by atoms with Gasteiger partial charge in [-0.3, -0.25) is 9.59 Å². The average molecular weight is 433 g/mol. The smallest absolute Gasteiger partial charge is 0.193 e. The Morgan fingerprint density at radius 3 is 2.71 bits per heavy atom. The molecule has 3 fully saturated rings. The van der Waals surface area contributed by atoms with Crippen molar-refractivity contribution in [2.24, 2.45) is 22.7 Å². The summed E-state index contributed by atoms with van der Waals surface area (Å²) in [7, 11) is 0. The summed E-state index contributed by atoms with van der Waals surface area (Å²) in [6, 6.07) is 0. The van der Waals surface area contributed by atoms with Crippen LogP contribution in [0.25, 0.3) is 0 Å². The zero-order valence-electron chi connectivity index (χ0n) is 19.1. The van der Waals surface area contributed by atoms with Crippen LogP contribution in [0.1, 0.15) is 66.2 Å². The van der Waals surface area contributed by atoms with Gasteiger partial charge in [0.25, 0.3) is 0 Å². The van der Waals surface area contributed by atoms with E-state index in [9.17, 15) is 19.8 Å². The summed E-state index contributed by atoms with van der Waals surface area (Å²) in [6.45, 7) is 7.42. The van der Waals surface area contributed by atoms with Crippen LogP contribution < -0.4 is 0 Å². The number of Topliss-reactive ketones (excluding diaryl/α,β-unsaturated/α-hetero) is 1. The number of allylic oxidation sites excluding steroid dienone is 4. The van der Waals surface area contributed by atoms with Crippen LogP contribution in [0.3, 0.4) is 0 Å². The molecule has 31 heavy (non-hydrogen) atoms. The zero-order chi connectivity index (χ0) is 22.6. The van der Waals surface area contributed by atoms with Crippen molar-refractivity contribution in [1.82, 2.24) is 0 Å². The molecular weight excluding hydrogens is 396 g/mol. The van der Waals surface area contributed by atoms with Crippen molar-refractivity contribution in [1.29, 1.82) is 0 Å². The van der Waals surface area contributed by atoms with Gasteiger partial charge in [0, 0.05) is 16.7 Å². The summed E-state index contributed by atoms with van der Waals surface area (Å²) in [5.41, 5.74) is -1.19. The average Bonchev–Trinajstić information content (AvgIpc) is 3.05. The highest BCUT2D eigenvalue weighted by Gasteiger charge is 2.67. The molecule has 8 atom stereocenters. The van der Waals surface area contributed by atoms with E-state index in [0.29, 0.717) is 19.3 Å². The van der Waals surface area contributed by atoms with Crippen LogP contribution in [0.5, 0.6) is 0 Å². The molecule has 4 rings (SSSR count). The molecule has 1 saturated heterocycles. The third-order valence-corrected chi connectivity index (χ3v) is 8.60. The monoisotopic (exact) mass is 432 g/mol. The largest absolute Gasteiger partial charge is 0.393 e. The molecule has 2 N–H and O–H groups in total. The normalized spacial score (nSPS) is 47.0. The molecule has 2 saturated carbocycles. The van der Waals surface area contributed by atoms with Crippen LogP contribution in [0.15, 0.2) is 23.8 Å². The first-order chi connectivity index (χ1) is 14.6. The third-order valence-electron chi connectivity index (χ3n) is 8.60. The minimum atomic E-state index is -1.27. The first-order valence-electron chi connectivity index (χ1n) is 11.7. The Morgan fingerprint density at radius 2 is 2.03 bits per heavy atom. The van der Waals surface area contributed by atoms with Gasteiger partial charge in [0.15, 0.2) is 23.5 Å². The Balaban J connectivity index is 1.70. The van der Waals surface area contributed by atoms with Gasteiger partial charge in [-0.1, -0.05) is 38.8 Å². The molecule has 6 heteroatoms. The van der Waals surface area contributed by atoms with Crippen molar-refractivity contribution >= 4 is 11.6 Å². The molecule has 3 aliphatic carbocycles. The standard InChI is InChI=1S/C25H36O6/c1-5-6-21-30-15(2)25(31-21,20(29)14-26)23(3)12-16-7-8-17-11-18(27)9-10-24(17,4)22(16)19(28)13-23/h9-11,15-16,19,21-22,26,28H,5-8,12-14H2,1-4H3/t15-,16?,19?,21?,22?,23-,24+,25+/m1/s1. The van der Waals surface area contributed by atoms with Gasteiger partial charge in [-0.25, -0.2) is 0 Å². The summed E-state index contributed by atoms with van der Waals surface area (Å²) >= 11 is 0. The lowest BCUT2D eigenvalue weighted by atomic mass is 9.47. The number of aliphatic hydroxyl groups excluding tert-OH is 2. The van der Waals surface area contributed by atoms with E-state index >= 15 is 0 Å². The number of carbonyl (C=O) groups is 2. The van der Waals surface area contributed by atoms with E-state index in [1.54, 1.807) is 12.2 Å². The minimum Gasteiger partial charge on any atom is -0.393 e. The molecule has 172 valence electrons. The Labute approximate surface area is 184 Å². The van der Waals surface area contributed by atoms with Gasteiger partial charge in [-0.15, -0.1) is 0 Å². The van der Waals surface area contributed by atoms with E-state index in [1.807, 2.05) is 26.8 Å². The Bertz CT molecular complexity index is 817. The van der Waals surface area contributed by atoms with Crippen LogP contribution in [0.2, 0.25) is 0 Å². The van der Waals surface area contributed by atoms with Gasteiger partial charge in [0.1, 0.15) is 6.61 Å². The van der Waals surface area contributed by atoms with Gasteiger partial charge >= 0.3 is 0 Å². The Hall–Kier alpha value is -1.34. The van der Waals surface area contributed by atoms with Crippen molar-refractivity contribution in [3.8, 4) is 0 Å². The first-order valence-corrected chi connectivity index (χ1v) is 11.7. The molecule has 4 unspecified atom stereocenters. The molecule has 0 aromatic carbocycles. The number of rotatable bonds is 5. The summed E-state index contributed by atoms with van der Waals surface area (Å²) in [5.74, 6) is -0.188. The fourth-order valence-corrected chi connectivity index (χ4v) is 7.31. The maximum absolute atomic E-state index is 13.2. The number of carbonyl (C=O) groups excluding carboxylic acids is 2. The maximum atomic E-state index is 13.2. The molecule has 1 aliphatic heterocycles. The van der Waals surface area contributed by atoms with Crippen LogP contribution in [-0.4, -0.2) is 52.5 Å². The van der Waals surface area contributed by atoms with Crippen LogP contribution >= 0.6 is 0 Å². The van der Waals surface area contributed by atoms with Gasteiger partial charge < -0.3 is 19.7 Å². The molecule has 0 amide bonds. The van der Waals surface area contributed by atoms with Crippen molar-refractivity contribution < 1.29 is 29.3 Å². The van der Waals surface area contributed by atoms with E-state index in [1.165, 1.54) is 0 Å². The second-order valence-electron chi connectivity index (χ2n) is 10.5. The Kier molecular flexibility index (Phi) is 5.83. The Morgan fingerprint density at radius 1 is 1.29 bits per heavy atom. The molecule has 0 radical (unpaired) electrons. The van der Waals surface area contributed by atoms with E-state index in [-0.39, 0.29) is 28.8 Å². The number of hydrogen-bond donors (Lipinski definition) is 2. The van der Waals surface area contributed by atoms with Crippen molar-refractivity contribution in [2.45, 2.75) is 90.3 Å². The number of ketones is 2. The van der Waals surface area contributed by atoms with Crippen molar-refractivity contribution in [3.63, 3.8) is 0 Å². The highest BCUT2D eigenvalue weighted by Crippen LogP contribution is 2.62. The molecule has 0 spiro atoms. The quantitative estimate of drug-likeness (QED) is 0.693. The lowest BCUT2D eigenvalue weighted by Gasteiger charge is -2.59. The summed E-state index contributed by atoms with van der Waals surface area (Å²) in [4.78, 5) is 25.1. The number of hydrogen-bond acceptors (Lipinski definition) is 6. The summed E-state index contributed by atoms with van der Waals surface area (Å²) in [5, 5.41) is 21.3. The first kappa shape index (κ1) is 22.8. The van der Waals surface area contributed by atoms with Gasteiger partial charge in [0.2, 0.25) is 0 Å². The van der Waals surface area contributed by atoms with Gasteiger partial charge in [-0.2, -0.15) is 0 Å². The molecule has 4 aliphatic rings. The minimum absolute atomic E-state index is 0.0147.